The van der Waals surface area contributed by atoms with Crippen molar-refractivity contribution < 1.29 is 4.92 Å². The Morgan fingerprint density at radius 1 is 1.15 bits per heavy atom. The second kappa shape index (κ2) is 6.37. The van der Waals surface area contributed by atoms with Crippen LogP contribution in [0.1, 0.15) is 18.5 Å². The molecule has 0 spiro atoms. The number of rotatable bonds is 4. The number of halogens is 2. The van der Waals surface area contributed by atoms with E-state index in [1.165, 1.54) is 12.1 Å². The van der Waals surface area contributed by atoms with Gasteiger partial charge in [-0.15, -0.1) is 0 Å². The molecule has 20 heavy (non-hydrogen) atoms. The number of hydrogen-bond acceptors (Lipinski definition) is 3. The van der Waals surface area contributed by atoms with Crippen LogP contribution >= 0.6 is 31.9 Å². The summed E-state index contributed by atoms with van der Waals surface area (Å²) in [6, 6.07) is 12.5. The maximum Gasteiger partial charge on any atom is 0.269 e. The Morgan fingerprint density at radius 3 is 2.35 bits per heavy atom. The Labute approximate surface area is 133 Å². The van der Waals surface area contributed by atoms with Crippen LogP contribution in [0.25, 0.3) is 0 Å². The van der Waals surface area contributed by atoms with Gasteiger partial charge in [0.25, 0.3) is 5.69 Å². The standard InChI is InChI=1S/C14H12Br2N2O2/c1-9(13-7-2-10(15)8-14(13)16)17-11-3-5-12(6-4-11)18(19)20/h2-9,17H,1H3. The quantitative estimate of drug-likeness (QED) is 0.561. The fourth-order valence-electron chi connectivity index (χ4n) is 1.86. The summed E-state index contributed by atoms with van der Waals surface area (Å²) < 4.78 is 2.02. The largest absolute Gasteiger partial charge is 0.378 e. The Morgan fingerprint density at radius 2 is 1.80 bits per heavy atom. The molecule has 2 rings (SSSR count). The highest BCUT2D eigenvalue weighted by Gasteiger charge is 2.10. The van der Waals surface area contributed by atoms with Crippen molar-refractivity contribution in [3.63, 3.8) is 0 Å². The molecular weight excluding hydrogens is 388 g/mol. The minimum atomic E-state index is -0.404. The van der Waals surface area contributed by atoms with Gasteiger partial charge in [0.15, 0.2) is 0 Å². The lowest BCUT2D eigenvalue weighted by molar-refractivity contribution is -0.384. The normalized spacial score (nSPS) is 11.9. The minimum Gasteiger partial charge on any atom is -0.378 e. The highest BCUT2D eigenvalue weighted by atomic mass is 79.9. The van der Waals surface area contributed by atoms with E-state index in [1.54, 1.807) is 12.1 Å². The molecular formula is C14H12Br2N2O2. The fraction of sp³-hybridized carbons (Fsp3) is 0.143. The second-order valence-electron chi connectivity index (χ2n) is 4.34. The average Bonchev–Trinajstić information content (AvgIpc) is 2.39. The van der Waals surface area contributed by atoms with Gasteiger partial charge in [-0.3, -0.25) is 10.1 Å². The molecule has 1 atom stereocenters. The van der Waals surface area contributed by atoms with Crippen LogP contribution in [0.5, 0.6) is 0 Å². The fourth-order valence-corrected chi connectivity index (χ4v) is 3.25. The summed E-state index contributed by atoms with van der Waals surface area (Å²) in [7, 11) is 0. The Kier molecular flexibility index (Phi) is 4.77. The molecule has 0 bridgehead atoms. The first-order chi connectivity index (χ1) is 9.47. The van der Waals surface area contributed by atoms with E-state index in [0.717, 1.165) is 20.2 Å². The van der Waals surface area contributed by atoms with Gasteiger partial charge in [0.2, 0.25) is 0 Å². The van der Waals surface area contributed by atoms with Gasteiger partial charge >= 0.3 is 0 Å². The zero-order valence-electron chi connectivity index (χ0n) is 10.6. The van der Waals surface area contributed by atoms with E-state index < -0.39 is 4.92 Å². The minimum absolute atomic E-state index is 0.0823. The summed E-state index contributed by atoms with van der Waals surface area (Å²) in [5.41, 5.74) is 2.05. The van der Waals surface area contributed by atoms with Gasteiger partial charge < -0.3 is 5.32 Å². The molecule has 6 heteroatoms. The van der Waals surface area contributed by atoms with Crippen molar-refractivity contribution in [2.45, 2.75) is 13.0 Å². The number of nitrogens with zero attached hydrogens (tertiary/aromatic N) is 1. The van der Waals surface area contributed by atoms with Crippen molar-refractivity contribution in [3.8, 4) is 0 Å². The average molecular weight is 400 g/mol. The lowest BCUT2D eigenvalue weighted by atomic mass is 10.1. The summed E-state index contributed by atoms with van der Waals surface area (Å²) in [4.78, 5) is 10.2. The SMILES string of the molecule is CC(Nc1ccc([N+](=O)[O-])cc1)c1ccc(Br)cc1Br. The Hall–Kier alpha value is -1.40. The van der Waals surface area contributed by atoms with Crippen LogP contribution in [0.15, 0.2) is 51.4 Å². The summed E-state index contributed by atoms with van der Waals surface area (Å²) in [6.45, 7) is 2.04. The third-order valence-electron chi connectivity index (χ3n) is 2.89. The third-order valence-corrected chi connectivity index (χ3v) is 4.07. The number of hydrogen-bond donors (Lipinski definition) is 1. The van der Waals surface area contributed by atoms with Crippen LogP contribution in [-0.2, 0) is 0 Å². The first kappa shape index (κ1) is 15.0. The van der Waals surface area contributed by atoms with Crippen molar-refractivity contribution in [2.75, 3.05) is 5.32 Å². The van der Waals surface area contributed by atoms with Crippen LogP contribution in [0, 0.1) is 10.1 Å². The number of nitrogens with one attached hydrogen (secondary N) is 1. The molecule has 0 aliphatic heterocycles. The van der Waals surface area contributed by atoms with Gasteiger partial charge in [0, 0.05) is 32.8 Å². The van der Waals surface area contributed by atoms with E-state index in [4.69, 9.17) is 0 Å². The van der Waals surface area contributed by atoms with Gasteiger partial charge in [-0.25, -0.2) is 0 Å². The van der Waals surface area contributed by atoms with E-state index in [2.05, 4.69) is 37.2 Å². The molecule has 0 aliphatic carbocycles. The molecule has 0 fully saturated rings. The van der Waals surface area contributed by atoms with E-state index in [0.29, 0.717) is 0 Å². The van der Waals surface area contributed by atoms with E-state index in [9.17, 15) is 10.1 Å². The molecule has 2 aromatic carbocycles. The van der Waals surface area contributed by atoms with E-state index >= 15 is 0 Å². The topological polar surface area (TPSA) is 55.2 Å². The van der Waals surface area contributed by atoms with E-state index in [1.807, 2.05) is 25.1 Å². The van der Waals surface area contributed by atoms with Crippen molar-refractivity contribution in [2.24, 2.45) is 0 Å². The molecule has 0 aromatic heterocycles. The summed E-state index contributed by atoms with van der Waals surface area (Å²) in [6.07, 6.45) is 0. The van der Waals surface area contributed by atoms with Crippen molar-refractivity contribution in [1.82, 2.24) is 0 Å². The van der Waals surface area contributed by atoms with Gasteiger partial charge in [-0.05, 0) is 36.8 Å². The molecule has 104 valence electrons. The lowest BCUT2D eigenvalue weighted by Crippen LogP contribution is -2.07. The van der Waals surface area contributed by atoms with Crippen LogP contribution in [-0.4, -0.2) is 4.92 Å². The molecule has 0 saturated carbocycles. The molecule has 0 radical (unpaired) electrons. The number of non-ortho nitro benzene ring substituents is 1. The Balaban J connectivity index is 2.14. The molecule has 0 saturated heterocycles. The first-order valence-electron chi connectivity index (χ1n) is 5.93. The zero-order chi connectivity index (χ0) is 14.7. The van der Waals surface area contributed by atoms with Crippen molar-refractivity contribution >= 4 is 43.2 Å². The zero-order valence-corrected chi connectivity index (χ0v) is 13.8. The molecule has 1 unspecified atom stereocenters. The third kappa shape index (κ3) is 3.58. The highest BCUT2D eigenvalue weighted by molar-refractivity contribution is 9.11. The van der Waals surface area contributed by atoms with Crippen molar-refractivity contribution in [3.05, 3.63) is 67.1 Å². The smallest absolute Gasteiger partial charge is 0.269 e. The summed E-state index contributed by atoms with van der Waals surface area (Å²) >= 11 is 6.95. The molecule has 0 amide bonds. The summed E-state index contributed by atoms with van der Waals surface area (Å²) in [5.74, 6) is 0. The number of nitro groups is 1. The first-order valence-corrected chi connectivity index (χ1v) is 7.52. The molecule has 0 heterocycles. The molecule has 1 N–H and O–H groups in total. The van der Waals surface area contributed by atoms with Gasteiger partial charge in [0.1, 0.15) is 0 Å². The van der Waals surface area contributed by atoms with Crippen molar-refractivity contribution in [1.29, 1.82) is 0 Å². The van der Waals surface area contributed by atoms with Crippen LogP contribution in [0.4, 0.5) is 11.4 Å². The molecule has 2 aromatic rings. The van der Waals surface area contributed by atoms with Gasteiger partial charge in [-0.1, -0.05) is 37.9 Å². The predicted octanol–water partition coefficient (Wildman–Crippen LogP) is 5.29. The van der Waals surface area contributed by atoms with Crippen LogP contribution < -0.4 is 5.32 Å². The number of nitro benzene ring substituents is 1. The van der Waals surface area contributed by atoms with Gasteiger partial charge in [0.05, 0.1) is 4.92 Å². The monoisotopic (exact) mass is 398 g/mol. The lowest BCUT2D eigenvalue weighted by Gasteiger charge is -2.17. The molecule has 4 nitrogen and oxygen atoms in total. The Bertz CT molecular complexity index is 630. The van der Waals surface area contributed by atoms with E-state index in [-0.39, 0.29) is 11.7 Å². The van der Waals surface area contributed by atoms with Gasteiger partial charge in [-0.2, -0.15) is 0 Å². The number of anilines is 1. The highest BCUT2D eigenvalue weighted by Crippen LogP contribution is 2.29. The molecule has 0 aliphatic rings. The number of benzene rings is 2. The summed E-state index contributed by atoms with van der Waals surface area (Å²) in [5, 5.41) is 13.9. The van der Waals surface area contributed by atoms with Crippen LogP contribution in [0.2, 0.25) is 0 Å². The predicted molar refractivity (Wildman–Crippen MR) is 87.0 cm³/mol. The maximum absolute atomic E-state index is 10.6. The second-order valence-corrected chi connectivity index (χ2v) is 6.11. The maximum atomic E-state index is 10.6. The van der Waals surface area contributed by atoms with Crippen LogP contribution in [0.3, 0.4) is 0 Å².